The van der Waals surface area contributed by atoms with E-state index in [1.807, 2.05) is 18.2 Å². The van der Waals surface area contributed by atoms with Crippen molar-refractivity contribution in [1.29, 1.82) is 0 Å². The molecule has 0 aliphatic rings. The summed E-state index contributed by atoms with van der Waals surface area (Å²) in [6.45, 7) is 0. The van der Waals surface area contributed by atoms with Gasteiger partial charge in [0.1, 0.15) is 5.82 Å². The predicted molar refractivity (Wildman–Crippen MR) is 71.0 cm³/mol. The third-order valence-corrected chi connectivity index (χ3v) is 3.14. The number of nitrogens with one attached hydrogen (secondary N) is 1. The van der Waals surface area contributed by atoms with E-state index in [1.54, 1.807) is 6.07 Å². The molecule has 0 bridgehead atoms. The number of thiol groups is 1. The highest BCUT2D eigenvalue weighted by Gasteiger charge is 2.33. The van der Waals surface area contributed by atoms with Crippen LogP contribution in [0.4, 0.5) is 13.2 Å². The standard InChI is InChI=1S/C13H11F3N2OS/c14-13(15,16)10-7-12(19)18-11(17-10)6-5-8-3-1-2-4-9(8)20/h1-4,7,20H,5-6H2,(H,17,18,19). The number of halogens is 3. The van der Waals surface area contributed by atoms with Crippen LogP contribution in [-0.4, -0.2) is 9.97 Å². The summed E-state index contributed by atoms with van der Waals surface area (Å²) in [5.74, 6) is 0.0152. The van der Waals surface area contributed by atoms with Crippen LogP contribution in [0.2, 0.25) is 0 Å². The monoisotopic (exact) mass is 300 g/mol. The number of alkyl halides is 3. The molecule has 7 heteroatoms. The zero-order valence-electron chi connectivity index (χ0n) is 10.2. The van der Waals surface area contributed by atoms with E-state index >= 15 is 0 Å². The van der Waals surface area contributed by atoms with Crippen molar-refractivity contribution in [3.05, 3.63) is 57.8 Å². The maximum absolute atomic E-state index is 12.5. The predicted octanol–water partition coefficient (Wildman–Crippen LogP) is 2.86. The Bertz CT molecular complexity index is 667. The molecular formula is C13H11F3N2OS. The van der Waals surface area contributed by atoms with Gasteiger partial charge in [-0.05, 0) is 18.1 Å². The van der Waals surface area contributed by atoms with Gasteiger partial charge in [-0.3, -0.25) is 4.79 Å². The van der Waals surface area contributed by atoms with Crippen LogP contribution >= 0.6 is 12.6 Å². The molecule has 1 aromatic heterocycles. The third-order valence-electron chi connectivity index (χ3n) is 2.70. The van der Waals surface area contributed by atoms with E-state index in [0.29, 0.717) is 12.5 Å². The van der Waals surface area contributed by atoms with Crippen LogP contribution in [0.5, 0.6) is 0 Å². The molecule has 0 unspecified atom stereocenters. The summed E-state index contributed by atoms with van der Waals surface area (Å²) in [6.07, 6.45) is -3.97. The van der Waals surface area contributed by atoms with Crippen molar-refractivity contribution in [3.8, 4) is 0 Å². The summed E-state index contributed by atoms with van der Waals surface area (Å²) in [5.41, 5.74) is -1.09. The average Bonchev–Trinajstić information content (AvgIpc) is 2.36. The molecule has 0 amide bonds. The fourth-order valence-electron chi connectivity index (χ4n) is 1.75. The van der Waals surface area contributed by atoms with Crippen molar-refractivity contribution >= 4 is 12.6 Å². The number of H-pyrrole nitrogens is 1. The minimum atomic E-state index is -4.62. The molecule has 0 saturated carbocycles. The molecule has 106 valence electrons. The summed E-state index contributed by atoms with van der Waals surface area (Å²) in [7, 11) is 0. The van der Waals surface area contributed by atoms with Gasteiger partial charge in [0, 0.05) is 17.4 Å². The first-order valence-corrected chi connectivity index (χ1v) is 6.25. The molecule has 0 radical (unpaired) electrons. The number of aromatic amines is 1. The lowest BCUT2D eigenvalue weighted by molar-refractivity contribution is -0.141. The second kappa shape index (κ2) is 5.70. The quantitative estimate of drug-likeness (QED) is 0.856. The number of benzene rings is 1. The molecule has 3 nitrogen and oxygen atoms in total. The first-order valence-electron chi connectivity index (χ1n) is 5.80. The maximum Gasteiger partial charge on any atom is 0.433 e. The van der Waals surface area contributed by atoms with Crippen molar-refractivity contribution in [2.24, 2.45) is 0 Å². The van der Waals surface area contributed by atoms with Crippen molar-refractivity contribution in [1.82, 2.24) is 9.97 Å². The Labute approximate surface area is 118 Å². The van der Waals surface area contributed by atoms with Crippen LogP contribution < -0.4 is 5.56 Å². The van der Waals surface area contributed by atoms with Gasteiger partial charge in [-0.15, -0.1) is 12.6 Å². The maximum atomic E-state index is 12.5. The van der Waals surface area contributed by atoms with Crippen LogP contribution in [0.3, 0.4) is 0 Å². The van der Waals surface area contributed by atoms with E-state index in [4.69, 9.17) is 0 Å². The number of nitrogens with zero attached hydrogens (tertiary/aromatic N) is 1. The van der Waals surface area contributed by atoms with Gasteiger partial charge in [-0.25, -0.2) is 4.98 Å². The minimum Gasteiger partial charge on any atom is -0.311 e. The molecule has 2 rings (SSSR count). The first-order chi connectivity index (χ1) is 9.36. The Morgan fingerprint density at radius 1 is 1.20 bits per heavy atom. The highest BCUT2D eigenvalue weighted by Crippen LogP contribution is 2.26. The molecular weight excluding hydrogens is 289 g/mol. The Morgan fingerprint density at radius 3 is 2.55 bits per heavy atom. The van der Waals surface area contributed by atoms with Crippen LogP contribution in [0.1, 0.15) is 17.1 Å². The van der Waals surface area contributed by atoms with Crippen molar-refractivity contribution in [2.45, 2.75) is 23.9 Å². The van der Waals surface area contributed by atoms with Gasteiger partial charge in [0.05, 0.1) is 0 Å². The highest BCUT2D eigenvalue weighted by molar-refractivity contribution is 7.80. The van der Waals surface area contributed by atoms with Gasteiger partial charge < -0.3 is 4.98 Å². The molecule has 1 aromatic carbocycles. The SMILES string of the molecule is O=c1cc(C(F)(F)F)nc(CCc2ccccc2S)[nH]1. The Morgan fingerprint density at radius 2 is 1.90 bits per heavy atom. The normalized spacial score (nSPS) is 11.6. The molecule has 0 saturated heterocycles. The first kappa shape index (κ1) is 14.6. The minimum absolute atomic E-state index is 0.0152. The summed E-state index contributed by atoms with van der Waals surface area (Å²) >= 11 is 4.26. The number of hydrogen-bond acceptors (Lipinski definition) is 3. The molecule has 0 aliphatic heterocycles. The molecule has 1 heterocycles. The molecule has 1 N–H and O–H groups in total. The van der Waals surface area contributed by atoms with Crippen LogP contribution in [0, 0.1) is 0 Å². The molecule has 0 spiro atoms. The van der Waals surface area contributed by atoms with Crippen molar-refractivity contribution in [2.75, 3.05) is 0 Å². The van der Waals surface area contributed by atoms with Gasteiger partial charge >= 0.3 is 6.18 Å². The number of hydrogen-bond donors (Lipinski definition) is 2. The Kier molecular flexibility index (Phi) is 4.17. The second-order valence-electron chi connectivity index (χ2n) is 4.20. The van der Waals surface area contributed by atoms with Crippen LogP contribution in [-0.2, 0) is 19.0 Å². The smallest absolute Gasteiger partial charge is 0.311 e. The van der Waals surface area contributed by atoms with Crippen molar-refractivity contribution < 1.29 is 13.2 Å². The lowest BCUT2D eigenvalue weighted by Gasteiger charge is -2.08. The fourth-order valence-corrected chi connectivity index (χ4v) is 2.02. The molecule has 0 atom stereocenters. The van der Waals surface area contributed by atoms with E-state index in [0.717, 1.165) is 10.5 Å². The summed E-state index contributed by atoms with van der Waals surface area (Å²) in [6, 6.07) is 7.71. The number of aromatic nitrogens is 2. The second-order valence-corrected chi connectivity index (χ2v) is 4.69. The van der Waals surface area contributed by atoms with Gasteiger partial charge in [0.25, 0.3) is 5.56 Å². The summed E-state index contributed by atoms with van der Waals surface area (Å²) in [4.78, 5) is 17.7. The summed E-state index contributed by atoms with van der Waals surface area (Å²) < 4.78 is 37.6. The van der Waals surface area contributed by atoms with Crippen molar-refractivity contribution in [3.63, 3.8) is 0 Å². The molecule has 2 aromatic rings. The fraction of sp³-hybridized carbons (Fsp3) is 0.231. The number of rotatable bonds is 3. The van der Waals surface area contributed by atoms with Crippen LogP contribution in [0.15, 0.2) is 40.0 Å². The lowest BCUT2D eigenvalue weighted by atomic mass is 10.1. The number of aryl methyl sites for hydroxylation is 2. The van der Waals surface area contributed by atoms with E-state index in [9.17, 15) is 18.0 Å². The van der Waals surface area contributed by atoms with E-state index in [-0.39, 0.29) is 12.2 Å². The van der Waals surface area contributed by atoms with E-state index in [2.05, 4.69) is 22.6 Å². The topological polar surface area (TPSA) is 45.8 Å². The average molecular weight is 300 g/mol. The van der Waals surface area contributed by atoms with Gasteiger partial charge in [-0.2, -0.15) is 13.2 Å². The third kappa shape index (κ3) is 3.63. The molecule has 0 aliphatic carbocycles. The molecule has 0 fully saturated rings. The van der Waals surface area contributed by atoms with Gasteiger partial charge in [-0.1, -0.05) is 18.2 Å². The van der Waals surface area contributed by atoms with E-state index in [1.165, 1.54) is 0 Å². The van der Waals surface area contributed by atoms with E-state index < -0.39 is 17.4 Å². The molecule has 20 heavy (non-hydrogen) atoms. The largest absolute Gasteiger partial charge is 0.433 e. The highest BCUT2D eigenvalue weighted by atomic mass is 32.1. The Hall–Kier alpha value is -1.76. The summed E-state index contributed by atoms with van der Waals surface area (Å²) in [5, 5.41) is 0. The zero-order chi connectivity index (χ0) is 14.8. The zero-order valence-corrected chi connectivity index (χ0v) is 11.1. The van der Waals surface area contributed by atoms with Gasteiger partial charge in [0.2, 0.25) is 0 Å². The van der Waals surface area contributed by atoms with Crippen LogP contribution in [0.25, 0.3) is 0 Å². The van der Waals surface area contributed by atoms with Gasteiger partial charge in [0.15, 0.2) is 5.69 Å². The lowest BCUT2D eigenvalue weighted by Crippen LogP contribution is -2.18. The Balaban J connectivity index is 2.20.